The lowest BCUT2D eigenvalue weighted by atomic mass is 10.2. The summed E-state index contributed by atoms with van der Waals surface area (Å²) < 4.78 is 1.92. The van der Waals surface area contributed by atoms with Gasteiger partial charge in [-0.3, -0.25) is 4.79 Å². The molecule has 2 fully saturated rings. The van der Waals surface area contributed by atoms with E-state index in [0.29, 0.717) is 0 Å². The smallest absolute Gasteiger partial charge is 0.341 e. The van der Waals surface area contributed by atoms with Crippen LogP contribution in [0.25, 0.3) is 11.0 Å². The molecule has 2 aliphatic rings. The SMILES string of the molecule is O=C(O)c1cn(C2CC2)c2cc(N3CCNCC3)cnc2c1=O. The molecule has 0 bridgehead atoms. The molecule has 4 rings (SSSR count). The molecule has 3 heterocycles. The minimum atomic E-state index is -1.20. The van der Waals surface area contributed by atoms with Gasteiger partial charge in [-0.15, -0.1) is 0 Å². The maximum absolute atomic E-state index is 12.4. The van der Waals surface area contributed by atoms with Crippen molar-refractivity contribution in [1.82, 2.24) is 14.9 Å². The third-order valence-corrected chi connectivity index (χ3v) is 4.51. The summed E-state index contributed by atoms with van der Waals surface area (Å²) in [6.45, 7) is 3.64. The number of aromatic nitrogens is 2. The van der Waals surface area contributed by atoms with Gasteiger partial charge in [0.2, 0.25) is 5.43 Å². The van der Waals surface area contributed by atoms with Gasteiger partial charge >= 0.3 is 5.97 Å². The summed E-state index contributed by atoms with van der Waals surface area (Å²) in [6.07, 6.45) is 5.18. The van der Waals surface area contributed by atoms with Crippen LogP contribution < -0.4 is 15.6 Å². The number of rotatable bonds is 3. The van der Waals surface area contributed by atoms with Crippen molar-refractivity contribution in [2.75, 3.05) is 31.1 Å². The molecule has 0 aromatic carbocycles. The van der Waals surface area contributed by atoms with Crippen LogP contribution in [0.2, 0.25) is 0 Å². The fourth-order valence-corrected chi connectivity index (χ4v) is 3.11. The molecular weight excluding hydrogens is 296 g/mol. The maximum atomic E-state index is 12.4. The Labute approximate surface area is 132 Å². The topological polar surface area (TPSA) is 87.5 Å². The highest BCUT2D eigenvalue weighted by molar-refractivity contribution is 5.92. The third-order valence-electron chi connectivity index (χ3n) is 4.51. The van der Waals surface area contributed by atoms with Gasteiger partial charge in [0, 0.05) is 38.4 Å². The van der Waals surface area contributed by atoms with Crippen molar-refractivity contribution in [3.63, 3.8) is 0 Å². The molecule has 7 nitrogen and oxygen atoms in total. The molecule has 2 N–H and O–H groups in total. The van der Waals surface area contributed by atoms with E-state index in [1.807, 2.05) is 10.6 Å². The van der Waals surface area contributed by atoms with Crippen molar-refractivity contribution < 1.29 is 9.90 Å². The number of hydrogen-bond acceptors (Lipinski definition) is 5. The molecule has 0 amide bonds. The molecule has 0 spiro atoms. The number of carboxylic acid groups (broad SMARTS) is 1. The molecule has 0 unspecified atom stereocenters. The Morgan fingerprint density at radius 2 is 2.04 bits per heavy atom. The summed E-state index contributed by atoms with van der Waals surface area (Å²) in [5.41, 5.74) is 1.26. The molecule has 2 aromatic rings. The molecule has 1 saturated heterocycles. The second kappa shape index (κ2) is 5.34. The van der Waals surface area contributed by atoms with Crippen LogP contribution in [0.3, 0.4) is 0 Å². The summed E-state index contributed by atoms with van der Waals surface area (Å²) in [5.74, 6) is -1.20. The molecule has 0 radical (unpaired) electrons. The van der Waals surface area contributed by atoms with E-state index in [1.165, 1.54) is 6.20 Å². The lowest BCUT2D eigenvalue weighted by Gasteiger charge is -2.29. The van der Waals surface area contributed by atoms with Crippen LogP contribution in [0.15, 0.2) is 23.3 Å². The zero-order chi connectivity index (χ0) is 16.0. The van der Waals surface area contributed by atoms with Gasteiger partial charge in [-0.05, 0) is 18.9 Å². The number of nitrogens with zero attached hydrogens (tertiary/aromatic N) is 3. The van der Waals surface area contributed by atoms with Crippen molar-refractivity contribution in [2.45, 2.75) is 18.9 Å². The van der Waals surface area contributed by atoms with E-state index in [-0.39, 0.29) is 17.1 Å². The van der Waals surface area contributed by atoms with Crippen molar-refractivity contribution in [3.8, 4) is 0 Å². The quantitative estimate of drug-likeness (QED) is 0.873. The van der Waals surface area contributed by atoms with E-state index in [2.05, 4.69) is 15.2 Å². The van der Waals surface area contributed by atoms with E-state index in [4.69, 9.17) is 0 Å². The summed E-state index contributed by atoms with van der Waals surface area (Å²) in [4.78, 5) is 30.2. The molecule has 7 heteroatoms. The number of fused-ring (bicyclic) bond motifs is 1. The minimum Gasteiger partial charge on any atom is -0.477 e. The first-order valence-corrected chi connectivity index (χ1v) is 7.89. The number of piperazine rings is 1. The highest BCUT2D eigenvalue weighted by atomic mass is 16.4. The zero-order valence-electron chi connectivity index (χ0n) is 12.7. The minimum absolute atomic E-state index is 0.202. The lowest BCUT2D eigenvalue weighted by Crippen LogP contribution is -2.43. The first-order chi connectivity index (χ1) is 11.1. The number of aromatic carboxylic acids is 1. The Hall–Kier alpha value is -2.41. The molecule has 1 aliphatic heterocycles. The Morgan fingerprint density at radius 3 is 2.70 bits per heavy atom. The Bertz CT molecular complexity index is 835. The number of nitrogens with one attached hydrogen (secondary N) is 1. The van der Waals surface area contributed by atoms with Gasteiger partial charge in [0.15, 0.2) is 0 Å². The van der Waals surface area contributed by atoms with Crippen LogP contribution in [0.5, 0.6) is 0 Å². The van der Waals surface area contributed by atoms with Gasteiger partial charge in [0.1, 0.15) is 11.1 Å². The van der Waals surface area contributed by atoms with E-state index in [9.17, 15) is 14.7 Å². The monoisotopic (exact) mass is 314 g/mol. The van der Waals surface area contributed by atoms with Crippen LogP contribution in [0.1, 0.15) is 29.2 Å². The number of anilines is 1. The highest BCUT2D eigenvalue weighted by Crippen LogP contribution is 2.37. The normalized spacial score (nSPS) is 18.3. The fraction of sp³-hybridized carbons (Fsp3) is 0.438. The van der Waals surface area contributed by atoms with Gasteiger partial charge < -0.3 is 19.9 Å². The van der Waals surface area contributed by atoms with Crippen molar-refractivity contribution in [2.24, 2.45) is 0 Å². The average molecular weight is 314 g/mol. The third kappa shape index (κ3) is 2.46. The number of hydrogen-bond donors (Lipinski definition) is 2. The van der Waals surface area contributed by atoms with E-state index in [1.54, 1.807) is 6.20 Å². The molecule has 120 valence electrons. The largest absolute Gasteiger partial charge is 0.477 e. The zero-order valence-corrected chi connectivity index (χ0v) is 12.7. The van der Waals surface area contributed by atoms with E-state index >= 15 is 0 Å². The summed E-state index contributed by atoms with van der Waals surface area (Å²) in [5, 5.41) is 12.6. The number of carboxylic acids is 1. The standard InChI is InChI=1S/C16H18N4O3/c21-15-12(16(22)23)9-20(10-1-2-10)13-7-11(8-18-14(13)15)19-5-3-17-4-6-19/h7-10,17H,1-6H2,(H,22,23). The lowest BCUT2D eigenvalue weighted by molar-refractivity contribution is 0.0695. The van der Waals surface area contributed by atoms with Gasteiger partial charge in [-0.25, -0.2) is 9.78 Å². The summed E-state index contributed by atoms with van der Waals surface area (Å²) in [6, 6.07) is 2.25. The molecule has 1 aliphatic carbocycles. The number of carbonyl (C=O) groups is 1. The highest BCUT2D eigenvalue weighted by Gasteiger charge is 2.27. The van der Waals surface area contributed by atoms with Crippen LogP contribution in [-0.4, -0.2) is 46.8 Å². The van der Waals surface area contributed by atoms with Gasteiger partial charge in [0.25, 0.3) is 0 Å². The van der Waals surface area contributed by atoms with Crippen molar-refractivity contribution >= 4 is 22.7 Å². The number of pyridine rings is 2. The van der Waals surface area contributed by atoms with E-state index < -0.39 is 11.4 Å². The fourth-order valence-electron chi connectivity index (χ4n) is 3.11. The Kier molecular flexibility index (Phi) is 3.30. The van der Waals surface area contributed by atoms with Crippen LogP contribution in [0.4, 0.5) is 5.69 Å². The van der Waals surface area contributed by atoms with Crippen molar-refractivity contribution in [3.05, 3.63) is 34.2 Å². The van der Waals surface area contributed by atoms with Gasteiger partial charge in [0.05, 0.1) is 17.4 Å². The predicted molar refractivity (Wildman–Crippen MR) is 86.3 cm³/mol. The van der Waals surface area contributed by atoms with E-state index in [0.717, 1.165) is 50.2 Å². The van der Waals surface area contributed by atoms with Gasteiger partial charge in [-0.2, -0.15) is 0 Å². The van der Waals surface area contributed by atoms with Crippen LogP contribution in [-0.2, 0) is 0 Å². The van der Waals surface area contributed by atoms with Crippen LogP contribution in [0, 0.1) is 0 Å². The first-order valence-electron chi connectivity index (χ1n) is 7.89. The predicted octanol–water partition coefficient (Wildman–Crippen LogP) is 0.839. The summed E-state index contributed by atoms with van der Waals surface area (Å²) in [7, 11) is 0. The summed E-state index contributed by atoms with van der Waals surface area (Å²) >= 11 is 0. The molecule has 1 saturated carbocycles. The molecule has 0 atom stereocenters. The maximum Gasteiger partial charge on any atom is 0.341 e. The Balaban J connectivity index is 1.89. The molecule has 23 heavy (non-hydrogen) atoms. The first kappa shape index (κ1) is 14.2. The second-order valence-corrected chi connectivity index (χ2v) is 6.11. The molecule has 2 aromatic heterocycles. The Morgan fingerprint density at radius 1 is 1.30 bits per heavy atom. The molecular formula is C16H18N4O3. The van der Waals surface area contributed by atoms with Crippen molar-refractivity contribution in [1.29, 1.82) is 0 Å². The second-order valence-electron chi connectivity index (χ2n) is 6.11. The van der Waals surface area contributed by atoms with Crippen LogP contribution >= 0.6 is 0 Å². The van der Waals surface area contributed by atoms with Gasteiger partial charge in [-0.1, -0.05) is 0 Å². The average Bonchev–Trinajstić information content (AvgIpc) is 3.40.